The topological polar surface area (TPSA) is 40.5 Å². The molecular weight excluding hydrogens is 289 g/mol. The van der Waals surface area contributed by atoms with E-state index in [0.29, 0.717) is 18.5 Å². The molecule has 2 unspecified atom stereocenters. The first-order valence-corrected chi connectivity index (χ1v) is 6.15. The molecule has 0 radical (unpaired) electrons. The second-order valence-corrected chi connectivity index (χ2v) is 5.31. The zero-order valence-corrected chi connectivity index (χ0v) is 10.9. The van der Waals surface area contributed by atoms with Crippen LogP contribution >= 0.6 is 15.9 Å². The summed E-state index contributed by atoms with van der Waals surface area (Å²) in [5.74, 6) is -1.32. The first-order valence-electron chi connectivity index (χ1n) is 5.36. The highest BCUT2D eigenvalue weighted by Crippen LogP contribution is 2.36. The molecule has 0 saturated heterocycles. The van der Waals surface area contributed by atoms with Gasteiger partial charge >= 0.3 is 5.97 Å². The molecule has 1 N–H and O–H groups in total. The fourth-order valence-corrected chi connectivity index (χ4v) is 2.39. The molecule has 3 nitrogen and oxygen atoms in total. The Labute approximate surface area is 107 Å². The molecule has 1 aliphatic carbocycles. The summed E-state index contributed by atoms with van der Waals surface area (Å²) < 4.78 is 14.3. The Morgan fingerprint density at radius 3 is 2.94 bits per heavy atom. The van der Waals surface area contributed by atoms with E-state index in [1.807, 2.05) is 11.9 Å². The summed E-state index contributed by atoms with van der Waals surface area (Å²) in [6.45, 7) is 0.430. The van der Waals surface area contributed by atoms with Crippen molar-refractivity contribution in [3.05, 3.63) is 34.1 Å². The second-order valence-electron chi connectivity index (χ2n) is 4.40. The maximum atomic E-state index is 13.5. The van der Waals surface area contributed by atoms with Crippen LogP contribution < -0.4 is 0 Å². The fourth-order valence-electron chi connectivity index (χ4n) is 1.98. The minimum absolute atomic E-state index is 0.0332. The van der Waals surface area contributed by atoms with Crippen molar-refractivity contribution in [3.63, 3.8) is 0 Å². The lowest BCUT2D eigenvalue weighted by molar-refractivity contribution is -0.138. The number of rotatable bonds is 4. The molecule has 92 valence electrons. The molecule has 0 spiro atoms. The maximum Gasteiger partial charge on any atom is 0.308 e. The van der Waals surface area contributed by atoms with Gasteiger partial charge < -0.3 is 5.11 Å². The summed E-state index contributed by atoms with van der Waals surface area (Å²) >= 11 is 3.29. The lowest BCUT2D eigenvalue weighted by atomic mass is 10.2. The largest absolute Gasteiger partial charge is 0.481 e. The van der Waals surface area contributed by atoms with E-state index in [-0.39, 0.29) is 17.8 Å². The van der Waals surface area contributed by atoms with Gasteiger partial charge in [0.15, 0.2) is 0 Å². The van der Waals surface area contributed by atoms with Crippen molar-refractivity contribution in [1.82, 2.24) is 4.90 Å². The van der Waals surface area contributed by atoms with E-state index >= 15 is 0 Å². The average molecular weight is 302 g/mol. The SMILES string of the molecule is CN(Cc1cc(Br)ccc1F)C1CC1C(=O)O. The molecular formula is C12H13BrFNO2. The number of hydrogen-bond donors (Lipinski definition) is 1. The molecule has 1 aliphatic rings. The Morgan fingerprint density at radius 2 is 2.35 bits per heavy atom. The predicted molar refractivity (Wildman–Crippen MR) is 65.1 cm³/mol. The van der Waals surface area contributed by atoms with Crippen LogP contribution in [-0.4, -0.2) is 29.1 Å². The molecule has 1 aromatic rings. The van der Waals surface area contributed by atoms with Crippen LogP contribution in [0, 0.1) is 11.7 Å². The standard InChI is InChI=1S/C12H13BrFNO2/c1-15(11-5-9(11)12(16)17)6-7-4-8(13)2-3-10(7)14/h2-4,9,11H,5-6H2,1H3,(H,16,17). The highest BCUT2D eigenvalue weighted by Gasteiger charge is 2.45. The van der Waals surface area contributed by atoms with Gasteiger partial charge in [-0.15, -0.1) is 0 Å². The summed E-state index contributed by atoms with van der Waals surface area (Å²) in [6.07, 6.45) is 0.654. The molecule has 5 heteroatoms. The van der Waals surface area contributed by atoms with Crippen molar-refractivity contribution < 1.29 is 14.3 Å². The van der Waals surface area contributed by atoms with Gasteiger partial charge in [0, 0.05) is 22.6 Å². The van der Waals surface area contributed by atoms with E-state index in [0.717, 1.165) is 4.47 Å². The van der Waals surface area contributed by atoms with Crippen LogP contribution in [0.4, 0.5) is 4.39 Å². The lowest BCUT2D eigenvalue weighted by Gasteiger charge is -2.16. The Hall–Kier alpha value is -0.940. The first-order chi connectivity index (χ1) is 7.99. The number of hydrogen-bond acceptors (Lipinski definition) is 2. The van der Waals surface area contributed by atoms with Crippen LogP contribution in [0.25, 0.3) is 0 Å². The van der Waals surface area contributed by atoms with E-state index in [2.05, 4.69) is 15.9 Å². The molecule has 0 aliphatic heterocycles. The summed E-state index contributed by atoms with van der Waals surface area (Å²) in [5, 5.41) is 8.83. The quantitative estimate of drug-likeness (QED) is 0.929. The zero-order chi connectivity index (χ0) is 12.6. The van der Waals surface area contributed by atoms with Crippen LogP contribution in [0.5, 0.6) is 0 Å². The molecule has 0 amide bonds. The number of carbonyl (C=O) groups is 1. The van der Waals surface area contributed by atoms with Gasteiger partial charge in [0.25, 0.3) is 0 Å². The van der Waals surface area contributed by atoms with Crippen molar-refractivity contribution in [3.8, 4) is 0 Å². The van der Waals surface area contributed by atoms with Crippen molar-refractivity contribution in [2.75, 3.05) is 7.05 Å². The maximum absolute atomic E-state index is 13.5. The van der Waals surface area contributed by atoms with Crippen LogP contribution in [-0.2, 0) is 11.3 Å². The van der Waals surface area contributed by atoms with Crippen molar-refractivity contribution in [2.45, 2.75) is 19.0 Å². The van der Waals surface area contributed by atoms with Crippen LogP contribution in [0.3, 0.4) is 0 Å². The first kappa shape index (κ1) is 12.5. The highest BCUT2D eigenvalue weighted by molar-refractivity contribution is 9.10. The molecule has 0 heterocycles. The minimum Gasteiger partial charge on any atom is -0.481 e. The van der Waals surface area contributed by atoms with Gasteiger partial charge in [-0.1, -0.05) is 15.9 Å². The Kier molecular flexibility index (Phi) is 3.49. The van der Waals surface area contributed by atoms with E-state index in [1.165, 1.54) is 6.07 Å². The summed E-state index contributed by atoms with van der Waals surface area (Å²) in [5.41, 5.74) is 0.581. The summed E-state index contributed by atoms with van der Waals surface area (Å²) in [7, 11) is 1.83. The third kappa shape index (κ3) is 2.84. The molecule has 17 heavy (non-hydrogen) atoms. The average Bonchev–Trinajstić information content (AvgIpc) is 3.03. The Bertz CT molecular complexity index is 452. The minimum atomic E-state index is -0.767. The van der Waals surface area contributed by atoms with E-state index in [9.17, 15) is 9.18 Å². The zero-order valence-electron chi connectivity index (χ0n) is 9.36. The molecule has 2 atom stereocenters. The van der Waals surface area contributed by atoms with Crippen LogP contribution in [0.1, 0.15) is 12.0 Å². The van der Waals surface area contributed by atoms with Gasteiger partial charge in [-0.2, -0.15) is 0 Å². The number of carboxylic acid groups (broad SMARTS) is 1. The molecule has 1 aromatic carbocycles. The van der Waals surface area contributed by atoms with Gasteiger partial charge in [-0.3, -0.25) is 9.69 Å². The van der Waals surface area contributed by atoms with E-state index < -0.39 is 5.97 Å². The summed E-state index contributed by atoms with van der Waals surface area (Å²) in [4.78, 5) is 12.6. The number of aliphatic carboxylic acids is 1. The number of benzene rings is 1. The molecule has 2 rings (SSSR count). The second kappa shape index (κ2) is 4.74. The van der Waals surface area contributed by atoms with Gasteiger partial charge in [-0.25, -0.2) is 4.39 Å². The highest BCUT2D eigenvalue weighted by atomic mass is 79.9. The van der Waals surface area contributed by atoms with Crippen LogP contribution in [0.2, 0.25) is 0 Å². The summed E-state index contributed by atoms with van der Waals surface area (Å²) in [6, 6.07) is 4.82. The third-order valence-corrected chi connectivity index (χ3v) is 3.56. The molecule has 0 bridgehead atoms. The predicted octanol–water partition coefficient (Wildman–Crippen LogP) is 2.49. The lowest BCUT2D eigenvalue weighted by Crippen LogP contribution is -2.24. The molecule has 0 aromatic heterocycles. The van der Waals surface area contributed by atoms with Crippen molar-refractivity contribution in [2.24, 2.45) is 5.92 Å². The number of nitrogens with zero attached hydrogens (tertiary/aromatic N) is 1. The van der Waals surface area contributed by atoms with Gasteiger partial charge in [0.1, 0.15) is 5.82 Å². The van der Waals surface area contributed by atoms with Crippen molar-refractivity contribution >= 4 is 21.9 Å². The number of halogens is 2. The van der Waals surface area contributed by atoms with Crippen LogP contribution in [0.15, 0.2) is 22.7 Å². The number of carboxylic acids is 1. The smallest absolute Gasteiger partial charge is 0.308 e. The molecule has 1 saturated carbocycles. The Morgan fingerprint density at radius 1 is 1.65 bits per heavy atom. The van der Waals surface area contributed by atoms with Gasteiger partial charge in [-0.05, 0) is 31.7 Å². The van der Waals surface area contributed by atoms with Crippen molar-refractivity contribution in [1.29, 1.82) is 0 Å². The van der Waals surface area contributed by atoms with E-state index in [4.69, 9.17) is 5.11 Å². The third-order valence-electron chi connectivity index (χ3n) is 3.07. The van der Waals surface area contributed by atoms with E-state index in [1.54, 1.807) is 12.1 Å². The fraction of sp³-hybridized carbons (Fsp3) is 0.417. The monoisotopic (exact) mass is 301 g/mol. The van der Waals surface area contributed by atoms with Gasteiger partial charge in [0.2, 0.25) is 0 Å². The Balaban J connectivity index is 2.02. The molecule has 1 fully saturated rings. The van der Waals surface area contributed by atoms with Gasteiger partial charge in [0.05, 0.1) is 5.92 Å². The normalized spacial score (nSPS) is 22.8.